The van der Waals surface area contributed by atoms with Crippen molar-refractivity contribution in [2.45, 2.75) is 71.3 Å². The van der Waals surface area contributed by atoms with E-state index in [4.69, 9.17) is 0 Å². The first kappa shape index (κ1) is 11.1. The lowest BCUT2D eigenvalue weighted by Crippen LogP contribution is -2.56. The van der Waals surface area contributed by atoms with Crippen molar-refractivity contribution in [1.29, 1.82) is 0 Å². The van der Waals surface area contributed by atoms with Gasteiger partial charge in [-0.25, -0.2) is 0 Å². The summed E-state index contributed by atoms with van der Waals surface area (Å²) in [6.45, 7) is 7.21. The Bertz CT molecular complexity index is 309. The molecule has 16 heavy (non-hydrogen) atoms. The monoisotopic (exact) mass is 222 g/mol. The molecule has 1 N–H and O–H groups in total. The maximum Gasteiger partial charge on any atom is 0.0684 e. The Kier molecular flexibility index (Phi) is 2.11. The molecule has 0 heterocycles. The van der Waals surface area contributed by atoms with E-state index in [1.165, 1.54) is 32.1 Å². The van der Waals surface area contributed by atoms with Gasteiger partial charge in [-0.1, -0.05) is 27.2 Å². The Labute approximate surface area is 99.6 Å². The van der Waals surface area contributed by atoms with E-state index < -0.39 is 0 Å². The maximum absolute atomic E-state index is 11.0. The van der Waals surface area contributed by atoms with Crippen LogP contribution in [0, 0.1) is 22.7 Å². The first-order valence-electron chi connectivity index (χ1n) is 7.07. The van der Waals surface area contributed by atoms with E-state index in [0.29, 0.717) is 16.7 Å². The minimum absolute atomic E-state index is 0.302. The molecule has 1 nitrogen and oxygen atoms in total. The van der Waals surface area contributed by atoms with Crippen LogP contribution in [-0.2, 0) is 0 Å². The molecule has 3 aliphatic carbocycles. The van der Waals surface area contributed by atoms with Crippen LogP contribution >= 0.6 is 0 Å². The van der Waals surface area contributed by atoms with Gasteiger partial charge < -0.3 is 5.11 Å². The standard InChI is InChI=1S/C15H26O/c1-13(2)9-12-11(13)5-8-14(3)6-4-7-15(12,16)10-14/h11-12,16H,4-10H2,1-3H3/t11-,12+,14+,15-/m1/s1. The lowest BCUT2D eigenvalue weighted by Gasteiger charge is -2.58. The van der Waals surface area contributed by atoms with Crippen LogP contribution in [-0.4, -0.2) is 10.7 Å². The zero-order chi connectivity index (χ0) is 11.6. The third-order valence-electron chi connectivity index (χ3n) is 6.11. The quantitative estimate of drug-likeness (QED) is 0.662. The third kappa shape index (κ3) is 1.40. The van der Waals surface area contributed by atoms with Crippen LogP contribution < -0.4 is 0 Å². The highest BCUT2D eigenvalue weighted by Crippen LogP contribution is 2.64. The fraction of sp³-hybridized carbons (Fsp3) is 1.00. The number of fused-ring (bicyclic) bond motifs is 4. The van der Waals surface area contributed by atoms with Crippen LogP contribution in [0.4, 0.5) is 0 Å². The van der Waals surface area contributed by atoms with Crippen molar-refractivity contribution in [3.8, 4) is 0 Å². The van der Waals surface area contributed by atoms with Crippen LogP contribution in [0.25, 0.3) is 0 Å². The van der Waals surface area contributed by atoms with Gasteiger partial charge >= 0.3 is 0 Å². The molecule has 0 unspecified atom stereocenters. The molecule has 0 aromatic rings. The molecule has 4 atom stereocenters. The summed E-state index contributed by atoms with van der Waals surface area (Å²) in [4.78, 5) is 0. The van der Waals surface area contributed by atoms with Gasteiger partial charge in [0.2, 0.25) is 0 Å². The highest BCUT2D eigenvalue weighted by atomic mass is 16.3. The first-order valence-corrected chi connectivity index (χ1v) is 7.07. The van der Waals surface area contributed by atoms with Crippen LogP contribution in [0.15, 0.2) is 0 Å². The zero-order valence-electron chi connectivity index (χ0n) is 11.1. The molecule has 0 aliphatic heterocycles. The molecule has 0 radical (unpaired) electrons. The van der Waals surface area contributed by atoms with Gasteiger partial charge in [-0.3, -0.25) is 0 Å². The van der Waals surface area contributed by atoms with E-state index in [2.05, 4.69) is 20.8 Å². The van der Waals surface area contributed by atoms with Gasteiger partial charge in [0.25, 0.3) is 0 Å². The average molecular weight is 222 g/mol. The lowest BCUT2D eigenvalue weighted by atomic mass is 9.49. The largest absolute Gasteiger partial charge is 0.390 e. The second-order valence-corrected chi connectivity index (χ2v) is 7.89. The fourth-order valence-corrected chi connectivity index (χ4v) is 5.17. The Morgan fingerprint density at radius 2 is 1.75 bits per heavy atom. The molecule has 0 spiro atoms. The van der Waals surface area contributed by atoms with Crippen molar-refractivity contribution in [2.24, 2.45) is 22.7 Å². The van der Waals surface area contributed by atoms with Crippen molar-refractivity contribution in [2.75, 3.05) is 0 Å². The summed E-state index contributed by atoms with van der Waals surface area (Å²) in [6, 6.07) is 0. The maximum atomic E-state index is 11.0. The summed E-state index contributed by atoms with van der Waals surface area (Å²) in [6.07, 6.45) is 8.70. The van der Waals surface area contributed by atoms with Crippen LogP contribution in [0.1, 0.15) is 65.7 Å². The van der Waals surface area contributed by atoms with Gasteiger partial charge in [0.05, 0.1) is 5.60 Å². The van der Waals surface area contributed by atoms with Gasteiger partial charge in [0.15, 0.2) is 0 Å². The molecule has 0 amide bonds. The Hall–Kier alpha value is -0.0400. The van der Waals surface area contributed by atoms with Gasteiger partial charge in [0.1, 0.15) is 0 Å². The van der Waals surface area contributed by atoms with E-state index in [1.807, 2.05) is 0 Å². The predicted molar refractivity (Wildman–Crippen MR) is 66.1 cm³/mol. The molecule has 1 heteroatoms. The number of hydrogen-bond acceptors (Lipinski definition) is 1. The summed E-state index contributed by atoms with van der Waals surface area (Å²) < 4.78 is 0. The summed E-state index contributed by atoms with van der Waals surface area (Å²) in [7, 11) is 0. The zero-order valence-corrected chi connectivity index (χ0v) is 11.1. The molecule has 92 valence electrons. The number of rotatable bonds is 0. The van der Waals surface area contributed by atoms with Crippen molar-refractivity contribution >= 4 is 0 Å². The van der Waals surface area contributed by atoms with Gasteiger partial charge in [0, 0.05) is 0 Å². The van der Waals surface area contributed by atoms with Crippen molar-refractivity contribution < 1.29 is 5.11 Å². The van der Waals surface area contributed by atoms with Crippen LogP contribution in [0.5, 0.6) is 0 Å². The number of hydrogen-bond donors (Lipinski definition) is 1. The molecular formula is C15H26O. The predicted octanol–water partition coefficient (Wildman–Crippen LogP) is 3.75. The molecule has 3 fully saturated rings. The van der Waals surface area contributed by atoms with E-state index in [0.717, 1.165) is 18.8 Å². The van der Waals surface area contributed by atoms with Crippen LogP contribution in [0.3, 0.4) is 0 Å². The Morgan fingerprint density at radius 3 is 2.44 bits per heavy atom. The minimum Gasteiger partial charge on any atom is -0.390 e. The second-order valence-electron chi connectivity index (χ2n) is 7.89. The molecule has 3 aliphatic rings. The van der Waals surface area contributed by atoms with E-state index in [1.54, 1.807) is 0 Å². The molecular weight excluding hydrogens is 196 g/mol. The molecule has 2 bridgehead atoms. The van der Waals surface area contributed by atoms with Crippen molar-refractivity contribution in [3.05, 3.63) is 0 Å². The van der Waals surface area contributed by atoms with E-state index in [-0.39, 0.29) is 5.60 Å². The topological polar surface area (TPSA) is 20.2 Å². The smallest absolute Gasteiger partial charge is 0.0684 e. The highest BCUT2D eigenvalue weighted by molar-refractivity contribution is 5.10. The van der Waals surface area contributed by atoms with E-state index in [9.17, 15) is 5.11 Å². The summed E-state index contributed by atoms with van der Waals surface area (Å²) >= 11 is 0. The van der Waals surface area contributed by atoms with Crippen LogP contribution in [0.2, 0.25) is 0 Å². The summed E-state index contributed by atoms with van der Waals surface area (Å²) in [5.41, 5.74) is 0.637. The second kappa shape index (κ2) is 3.04. The minimum atomic E-state index is -0.302. The van der Waals surface area contributed by atoms with Gasteiger partial charge in [-0.05, 0) is 61.2 Å². The lowest BCUT2D eigenvalue weighted by molar-refractivity contribution is -0.161. The first-order chi connectivity index (χ1) is 7.35. The van der Waals surface area contributed by atoms with Crippen molar-refractivity contribution in [3.63, 3.8) is 0 Å². The Morgan fingerprint density at radius 1 is 1.00 bits per heavy atom. The average Bonchev–Trinajstić information content (AvgIpc) is 2.19. The van der Waals surface area contributed by atoms with Gasteiger partial charge in [-0.15, -0.1) is 0 Å². The van der Waals surface area contributed by atoms with Gasteiger partial charge in [-0.2, -0.15) is 0 Å². The SMILES string of the molecule is CC1(C)C[C@H]2[C@H]1CC[C@]1(C)CCC[C@@]2(O)C1. The summed E-state index contributed by atoms with van der Waals surface area (Å²) in [5.74, 6) is 1.40. The molecule has 0 aromatic heterocycles. The molecule has 3 rings (SSSR count). The van der Waals surface area contributed by atoms with Crippen molar-refractivity contribution in [1.82, 2.24) is 0 Å². The Balaban J connectivity index is 1.92. The fourth-order valence-electron chi connectivity index (χ4n) is 5.17. The summed E-state index contributed by atoms with van der Waals surface area (Å²) in [5, 5.41) is 11.0. The normalized spacial score (nSPS) is 54.8. The molecule has 0 aromatic carbocycles. The third-order valence-corrected chi connectivity index (χ3v) is 6.11. The highest BCUT2D eigenvalue weighted by Gasteiger charge is 2.59. The molecule has 3 saturated carbocycles. The molecule has 0 saturated heterocycles. The van der Waals surface area contributed by atoms with E-state index >= 15 is 0 Å². The number of aliphatic hydroxyl groups is 1.